The lowest BCUT2D eigenvalue weighted by molar-refractivity contribution is 0.100. The number of carbonyl (C=O) groups is 1. The van der Waals surface area contributed by atoms with E-state index in [-0.39, 0.29) is 18.1 Å². The van der Waals surface area contributed by atoms with Crippen LogP contribution in [0.4, 0.5) is 0 Å². The predicted octanol–water partition coefficient (Wildman–Crippen LogP) is 4.75. The third-order valence-electron chi connectivity index (χ3n) is 4.38. The van der Waals surface area contributed by atoms with E-state index in [9.17, 15) is 9.90 Å². The standard InChI is InChI=1S/C22H22N2O3S/c1-13-9-16(10-14(2)20(13)26)11-23-12-18(25)21-15(3)24-22(28-21)17-7-5-6-8-19(17)27-4/h5-11,26H,12H2,1-4H3. The number of ketones is 1. The zero-order chi connectivity index (χ0) is 20.3. The molecule has 0 saturated carbocycles. The molecule has 28 heavy (non-hydrogen) atoms. The first-order valence-electron chi connectivity index (χ1n) is 8.84. The van der Waals surface area contributed by atoms with Crippen LogP contribution in [-0.2, 0) is 0 Å². The number of rotatable bonds is 6. The number of phenolic OH excluding ortho intramolecular Hbond substituents is 1. The van der Waals surface area contributed by atoms with Crippen LogP contribution in [0.15, 0.2) is 41.4 Å². The van der Waals surface area contributed by atoms with Crippen LogP contribution >= 0.6 is 11.3 Å². The number of ether oxygens (including phenoxy) is 1. The Labute approximate surface area is 168 Å². The number of Topliss-reactive ketones (excluding diaryl/α,β-unsaturated/α-hetero) is 1. The van der Waals surface area contributed by atoms with E-state index in [2.05, 4.69) is 9.98 Å². The molecule has 3 aromatic rings. The Morgan fingerprint density at radius 1 is 1.21 bits per heavy atom. The maximum atomic E-state index is 12.6. The highest BCUT2D eigenvalue weighted by Crippen LogP contribution is 2.34. The molecule has 0 spiro atoms. The lowest BCUT2D eigenvalue weighted by Crippen LogP contribution is -2.03. The second-order valence-corrected chi connectivity index (χ2v) is 7.53. The van der Waals surface area contributed by atoms with Gasteiger partial charge in [-0.1, -0.05) is 12.1 Å². The average molecular weight is 394 g/mol. The largest absolute Gasteiger partial charge is 0.507 e. The fourth-order valence-electron chi connectivity index (χ4n) is 2.96. The third-order valence-corrected chi connectivity index (χ3v) is 5.61. The summed E-state index contributed by atoms with van der Waals surface area (Å²) >= 11 is 1.36. The van der Waals surface area contributed by atoms with Crippen LogP contribution in [0.5, 0.6) is 11.5 Å². The third kappa shape index (κ3) is 4.12. The number of hydrogen-bond donors (Lipinski definition) is 1. The van der Waals surface area contributed by atoms with E-state index in [0.717, 1.165) is 33.0 Å². The molecule has 0 amide bonds. The molecule has 0 saturated heterocycles. The highest BCUT2D eigenvalue weighted by atomic mass is 32.1. The maximum absolute atomic E-state index is 12.6. The van der Waals surface area contributed by atoms with Crippen molar-refractivity contribution >= 4 is 23.3 Å². The van der Waals surface area contributed by atoms with Crippen LogP contribution in [0.1, 0.15) is 32.1 Å². The molecule has 0 aliphatic heterocycles. The number of benzene rings is 2. The summed E-state index contributed by atoms with van der Waals surface area (Å²) in [6.45, 7) is 5.56. The Morgan fingerprint density at radius 2 is 1.89 bits per heavy atom. The van der Waals surface area contributed by atoms with E-state index >= 15 is 0 Å². The van der Waals surface area contributed by atoms with Crippen LogP contribution in [0, 0.1) is 20.8 Å². The van der Waals surface area contributed by atoms with Crippen molar-refractivity contribution in [1.29, 1.82) is 0 Å². The van der Waals surface area contributed by atoms with Crippen molar-refractivity contribution in [1.82, 2.24) is 4.98 Å². The Balaban J connectivity index is 1.78. The van der Waals surface area contributed by atoms with E-state index in [1.54, 1.807) is 13.3 Å². The van der Waals surface area contributed by atoms with Gasteiger partial charge in [-0.05, 0) is 61.7 Å². The first-order chi connectivity index (χ1) is 13.4. The molecule has 0 aliphatic rings. The monoisotopic (exact) mass is 394 g/mol. The number of aryl methyl sites for hydroxylation is 3. The van der Waals surface area contributed by atoms with Gasteiger partial charge in [0.25, 0.3) is 0 Å². The highest BCUT2D eigenvalue weighted by molar-refractivity contribution is 7.17. The molecule has 1 aromatic heterocycles. The second kappa shape index (κ2) is 8.35. The van der Waals surface area contributed by atoms with Crippen LogP contribution in [0.3, 0.4) is 0 Å². The summed E-state index contributed by atoms with van der Waals surface area (Å²) in [4.78, 5) is 22.1. The topological polar surface area (TPSA) is 71.8 Å². The molecule has 0 fully saturated rings. The van der Waals surface area contributed by atoms with E-state index in [1.165, 1.54) is 11.3 Å². The molecule has 2 aromatic carbocycles. The van der Waals surface area contributed by atoms with Gasteiger partial charge in [0.1, 0.15) is 23.1 Å². The van der Waals surface area contributed by atoms with Gasteiger partial charge in [0, 0.05) is 6.21 Å². The minimum atomic E-state index is -0.0698. The maximum Gasteiger partial charge on any atom is 0.196 e. The van der Waals surface area contributed by atoms with Crippen molar-refractivity contribution in [3.05, 3.63) is 63.7 Å². The molecule has 5 nitrogen and oxygen atoms in total. The van der Waals surface area contributed by atoms with E-state index in [1.807, 2.05) is 57.2 Å². The first-order valence-corrected chi connectivity index (χ1v) is 9.66. The minimum Gasteiger partial charge on any atom is -0.507 e. The van der Waals surface area contributed by atoms with Gasteiger partial charge in [0.2, 0.25) is 0 Å². The van der Waals surface area contributed by atoms with Crippen LogP contribution in [0.25, 0.3) is 10.6 Å². The Kier molecular flexibility index (Phi) is 5.90. The zero-order valence-corrected chi connectivity index (χ0v) is 17.1. The second-order valence-electron chi connectivity index (χ2n) is 6.53. The van der Waals surface area contributed by atoms with Gasteiger partial charge in [0.05, 0.1) is 23.2 Å². The Morgan fingerprint density at radius 3 is 2.57 bits per heavy atom. The Bertz CT molecular complexity index is 1030. The van der Waals surface area contributed by atoms with Gasteiger partial charge < -0.3 is 9.84 Å². The van der Waals surface area contributed by atoms with E-state index < -0.39 is 0 Å². The normalized spacial score (nSPS) is 11.1. The first kappa shape index (κ1) is 19.8. The summed E-state index contributed by atoms with van der Waals surface area (Å²) in [7, 11) is 1.62. The predicted molar refractivity (Wildman–Crippen MR) is 113 cm³/mol. The molecular formula is C22H22N2O3S. The molecule has 144 valence electrons. The van der Waals surface area contributed by atoms with Gasteiger partial charge in [-0.2, -0.15) is 0 Å². The van der Waals surface area contributed by atoms with Gasteiger partial charge in [-0.3, -0.25) is 9.79 Å². The number of aromatic hydroxyl groups is 1. The Hall–Kier alpha value is -2.99. The number of hydrogen-bond acceptors (Lipinski definition) is 6. The zero-order valence-electron chi connectivity index (χ0n) is 16.3. The van der Waals surface area contributed by atoms with Crippen molar-refractivity contribution in [3.8, 4) is 22.1 Å². The van der Waals surface area contributed by atoms with Gasteiger partial charge >= 0.3 is 0 Å². The summed E-state index contributed by atoms with van der Waals surface area (Å²) in [5, 5.41) is 10.6. The average Bonchev–Trinajstić information content (AvgIpc) is 3.07. The van der Waals surface area contributed by atoms with Gasteiger partial charge in [-0.25, -0.2) is 4.98 Å². The molecule has 0 atom stereocenters. The molecule has 0 aliphatic carbocycles. The molecular weight excluding hydrogens is 372 g/mol. The number of nitrogens with zero attached hydrogens (tertiary/aromatic N) is 2. The van der Waals surface area contributed by atoms with Crippen molar-refractivity contribution in [2.75, 3.05) is 13.7 Å². The highest BCUT2D eigenvalue weighted by Gasteiger charge is 2.17. The molecule has 1 N–H and O–H groups in total. The number of methoxy groups -OCH3 is 1. The summed E-state index contributed by atoms with van der Waals surface area (Å²) in [6.07, 6.45) is 1.66. The number of para-hydroxylation sites is 1. The molecule has 0 radical (unpaired) electrons. The number of aliphatic imine (C=N–C) groups is 1. The quantitative estimate of drug-likeness (QED) is 0.484. The number of phenols is 1. The lowest BCUT2D eigenvalue weighted by atomic mass is 10.1. The van der Waals surface area contributed by atoms with Crippen LogP contribution in [0.2, 0.25) is 0 Å². The van der Waals surface area contributed by atoms with Crippen LogP contribution < -0.4 is 4.74 Å². The molecule has 6 heteroatoms. The van der Waals surface area contributed by atoms with Crippen LogP contribution in [-0.4, -0.2) is 35.7 Å². The summed E-state index contributed by atoms with van der Waals surface area (Å²) in [5.74, 6) is 0.948. The summed E-state index contributed by atoms with van der Waals surface area (Å²) < 4.78 is 5.39. The molecule has 1 heterocycles. The minimum absolute atomic E-state index is 0.0490. The number of carbonyl (C=O) groups excluding carboxylic acids is 1. The molecule has 0 unspecified atom stereocenters. The fourth-order valence-corrected chi connectivity index (χ4v) is 3.99. The van der Waals surface area contributed by atoms with E-state index in [4.69, 9.17) is 4.74 Å². The fraction of sp³-hybridized carbons (Fsp3) is 0.227. The summed E-state index contributed by atoms with van der Waals surface area (Å²) in [6, 6.07) is 11.3. The van der Waals surface area contributed by atoms with Gasteiger partial charge in [-0.15, -0.1) is 11.3 Å². The van der Waals surface area contributed by atoms with E-state index in [0.29, 0.717) is 10.6 Å². The smallest absolute Gasteiger partial charge is 0.196 e. The number of thiazole rings is 1. The SMILES string of the molecule is COc1ccccc1-c1nc(C)c(C(=O)CN=Cc2cc(C)c(O)c(C)c2)s1. The van der Waals surface area contributed by atoms with Gasteiger partial charge in [0.15, 0.2) is 5.78 Å². The van der Waals surface area contributed by atoms with Crippen molar-refractivity contribution in [2.24, 2.45) is 4.99 Å². The molecule has 3 rings (SSSR count). The van der Waals surface area contributed by atoms with Crippen molar-refractivity contribution in [3.63, 3.8) is 0 Å². The van der Waals surface area contributed by atoms with Crippen molar-refractivity contribution in [2.45, 2.75) is 20.8 Å². The summed E-state index contributed by atoms with van der Waals surface area (Å²) in [5.41, 5.74) is 3.99. The lowest BCUT2D eigenvalue weighted by Gasteiger charge is -2.04. The number of aromatic nitrogens is 1. The van der Waals surface area contributed by atoms with Crippen molar-refractivity contribution < 1.29 is 14.6 Å². The molecule has 0 bridgehead atoms.